The fourth-order valence-corrected chi connectivity index (χ4v) is 2.15. The first-order valence-corrected chi connectivity index (χ1v) is 5.92. The van der Waals surface area contributed by atoms with Crippen LogP contribution < -0.4 is 0 Å². The van der Waals surface area contributed by atoms with Crippen LogP contribution in [0.2, 0.25) is 5.15 Å². The molecule has 2 heterocycles. The Bertz CT molecular complexity index is 502. The fraction of sp³-hybridized carbons (Fsp3) is 0.545. The molecule has 0 bridgehead atoms. The molecule has 0 aliphatic rings. The quantitative estimate of drug-likeness (QED) is 0.772. The third-order valence-corrected chi connectivity index (χ3v) is 3.10. The van der Waals surface area contributed by atoms with Gasteiger partial charge in [0.2, 0.25) is 0 Å². The molecule has 0 N–H and O–H groups in total. The van der Waals surface area contributed by atoms with Crippen LogP contribution in [-0.2, 0) is 0 Å². The lowest BCUT2D eigenvalue weighted by Gasteiger charge is -2.13. The topological polar surface area (TPSA) is 43.6 Å². The minimum atomic E-state index is 0.378. The predicted octanol–water partition coefficient (Wildman–Crippen LogP) is 3.15. The first-order chi connectivity index (χ1) is 7.67. The monoisotopic (exact) mass is 238 g/mol. The van der Waals surface area contributed by atoms with E-state index >= 15 is 0 Å². The van der Waals surface area contributed by atoms with Crippen molar-refractivity contribution in [3.05, 3.63) is 17.2 Å². The summed E-state index contributed by atoms with van der Waals surface area (Å²) in [5, 5.41) is 5.69. The van der Waals surface area contributed by atoms with Crippen molar-refractivity contribution in [2.75, 3.05) is 0 Å². The van der Waals surface area contributed by atoms with Gasteiger partial charge in [0, 0.05) is 0 Å². The third-order valence-electron chi connectivity index (χ3n) is 2.81. The van der Waals surface area contributed by atoms with E-state index in [1.165, 1.54) is 0 Å². The Balaban J connectivity index is 2.63. The van der Waals surface area contributed by atoms with Gasteiger partial charge in [0.25, 0.3) is 0 Å². The molecule has 0 saturated carbocycles. The lowest BCUT2D eigenvalue weighted by molar-refractivity contribution is 0.438. The van der Waals surface area contributed by atoms with Crippen molar-refractivity contribution in [3.8, 4) is 0 Å². The van der Waals surface area contributed by atoms with Gasteiger partial charge in [0.1, 0.15) is 11.0 Å². The molecule has 4 nitrogen and oxygen atoms in total. The summed E-state index contributed by atoms with van der Waals surface area (Å²) < 4.78 is 1.95. The minimum absolute atomic E-state index is 0.378. The number of aryl methyl sites for hydroxylation is 1. The van der Waals surface area contributed by atoms with Crippen molar-refractivity contribution in [3.63, 3.8) is 0 Å². The maximum atomic E-state index is 6.06. The molecule has 86 valence electrons. The average Bonchev–Trinajstić information content (AvgIpc) is 2.64. The van der Waals surface area contributed by atoms with Crippen molar-refractivity contribution >= 4 is 22.6 Å². The zero-order valence-corrected chi connectivity index (χ0v) is 10.5. The van der Waals surface area contributed by atoms with Crippen molar-refractivity contribution in [2.24, 2.45) is 0 Å². The summed E-state index contributed by atoms with van der Waals surface area (Å²) >= 11 is 6.06. The number of rotatable bonds is 3. The molecule has 0 saturated heterocycles. The molecule has 2 rings (SSSR count). The van der Waals surface area contributed by atoms with Gasteiger partial charge in [0.15, 0.2) is 5.65 Å². The lowest BCUT2D eigenvalue weighted by atomic mass is 10.2. The van der Waals surface area contributed by atoms with E-state index in [1.54, 1.807) is 6.20 Å². The molecule has 2 aromatic heterocycles. The van der Waals surface area contributed by atoms with Crippen molar-refractivity contribution in [2.45, 2.75) is 39.7 Å². The van der Waals surface area contributed by atoms with E-state index < -0.39 is 0 Å². The predicted molar refractivity (Wildman–Crippen MR) is 64.7 cm³/mol. The van der Waals surface area contributed by atoms with Gasteiger partial charge >= 0.3 is 0 Å². The Kier molecular flexibility index (Phi) is 3.10. The number of aromatic nitrogens is 4. The average molecular weight is 239 g/mol. The summed E-state index contributed by atoms with van der Waals surface area (Å²) in [6.07, 6.45) is 3.82. The second kappa shape index (κ2) is 4.37. The van der Waals surface area contributed by atoms with Gasteiger partial charge in [-0.1, -0.05) is 25.4 Å². The van der Waals surface area contributed by atoms with Crippen LogP contribution in [-0.4, -0.2) is 19.7 Å². The zero-order chi connectivity index (χ0) is 11.7. The summed E-state index contributed by atoms with van der Waals surface area (Å²) in [6.45, 7) is 6.14. The number of nitrogens with zero attached hydrogens (tertiary/aromatic N) is 4. The molecule has 0 spiro atoms. The molecule has 0 atom stereocenters. The SMILES string of the molecule is CCC(CC)n1ncc2c(Cl)nc(C)nc21. The van der Waals surface area contributed by atoms with Gasteiger partial charge in [0.05, 0.1) is 17.6 Å². The molecule has 0 aliphatic carbocycles. The molecule has 2 aromatic rings. The minimum Gasteiger partial charge on any atom is -0.244 e. The van der Waals surface area contributed by atoms with Crippen LogP contribution in [0, 0.1) is 6.92 Å². The maximum absolute atomic E-state index is 6.06. The van der Waals surface area contributed by atoms with Gasteiger partial charge in [-0.15, -0.1) is 0 Å². The highest BCUT2D eigenvalue weighted by molar-refractivity contribution is 6.33. The van der Waals surface area contributed by atoms with Crippen LogP contribution in [0.1, 0.15) is 38.6 Å². The largest absolute Gasteiger partial charge is 0.244 e. The highest BCUT2D eigenvalue weighted by Gasteiger charge is 2.14. The third kappa shape index (κ3) is 1.78. The van der Waals surface area contributed by atoms with Crippen LogP contribution in [0.25, 0.3) is 11.0 Å². The first-order valence-electron chi connectivity index (χ1n) is 5.54. The van der Waals surface area contributed by atoms with Gasteiger partial charge in [-0.2, -0.15) is 5.10 Å². The van der Waals surface area contributed by atoms with Gasteiger partial charge in [-0.05, 0) is 19.8 Å². The molecular weight excluding hydrogens is 224 g/mol. The Hall–Kier alpha value is -1.16. The van der Waals surface area contributed by atoms with Crippen molar-refractivity contribution < 1.29 is 0 Å². The lowest BCUT2D eigenvalue weighted by Crippen LogP contribution is -2.09. The van der Waals surface area contributed by atoms with Crippen molar-refractivity contribution in [1.29, 1.82) is 0 Å². The second-order valence-electron chi connectivity index (χ2n) is 3.86. The molecule has 5 heteroatoms. The van der Waals surface area contributed by atoms with Gasteiger partial charge in [-0.25, -0.2) is 14.6 Å². The Morgan fingerprint density at radius 3 is 2.62 bits per heavy atom. The molecule has 0 amide bonds. The highest BCUT2D eigenvalue weighted by atomic mass is 35.5. The number of halogens is 1. The second-order valence-corrected chi connectivity index (χ2v) is 4.22. The fourth-order valence-electron chi connectivity index (χ4n) is 1.90. The summed E-state index contributed by atoms with van der Waals surface area (Å²) in [5.74, 6) is 0.685. The molecule has 0 aliphatic heterocycles. The van der Waals surface area contributed by atoms with E-state index in [4.69, 9.17) is 11.6 Å². The highest BCUT2D eigenvalue weighted by Crippen LogP contribution is 2.24. The maximum Gasteiger partial charge on any atom is 0.163 e. The van der Waals surface area contributed by atoms with Gasteiger partial charge < -0.3 is 0 Å². The Labute approximate surface area is 99.7 Å². The Morgan fingerprint density at radius 2 is 2.00 bits per heavy atom. The number of hydrogen-bond donors (Lipinski definition) is 0. The molecule has 0 radical (unpaired) electrons. The van der Waals surface area contributed by atoms with Crippen LogP contribution in [0.3, 0.4) is 0 Å². The van der Waals surface area contributed by atoms with E-state index in [2.05, 4.69) is 28.9 Å². The molecule has 0 aromatic carbocycles. The molecule has 16 heavy (non-hydrogen) atoms. The molecular formula is C11H15ClN4. The van der Waals surface area contributed by atoms with Gasteiger partial charge in [-0.3, -0.25) is 0 Å². The first kappa shape index (κ1) is 11.3. The van der Waals surface area contributed by atoms with E-state index in [1.807, 2.05) is 11.6 Å². The van der Waals surface area contributed by atoms with E-state index in [0.29, 0.717) is 17.0 Å². The van der Waals surface area contributed by atoms with E-state index in [-0.39, 0.29) is 0 Å². The number of hydrogen-bond acceptors (Lipinski definition) is 3. The van der Waals surface area contributed by atoms with Crippen molar-refractivity contribution in [1.82, 2.24) is 19.7 Å². The van der Waals surface area contributed by atoms with Crippen LogP contribution in [0.15, 0.2) is 6.20 Å². The summed E-state index contributed by atoms with van der Waals surface area (Å²) in [7, 11) is 0. The smallest absolute Gasteiger partial charge is 0.163 e. The van der Waals surface area contributed by atoms with E-state index in [9.17, 15) is 0 Å². The zero-order valence-electron chi connectivity index (χ0n) is 9.74. The molecule has 0 unspecified atom stereocenters. The van der Waals surface area contributed by atoms with E-state index in [0.717, 1.165) is 23.9 Å². The summed E-state index contributed by atoms with van der Waals surface area (Å²) in [4.78, 5) is 8.55. The van der Waals surface area contributed by atoms with Crippen LogP contribution >= 0.6 is 11.6 Å². The normalized spacial score (nSPS) is 11.6. The summed E-state index contributed by atoms with van der Waals surface area (Å²) in [5.41, 5.74) is 0.839. The Morgan fingerprint density at radius 1 is 1.31 bits per heavy atom. The summed E-state index contributed by atoms with van der Waals surface area (Å²) in [6, 6.07) is 0.378. The van der Waals surface area contributed by atoms with Crippen LogP contribution in [0.5, 0.6) is 0 Å². The van der Waals surface area contributed by atoms with Crippen LogP contribution in [0.4, 0.5) is 0 Å². The number of fused-ring (bicyclic) bond motifs is 1. The standard InChI is InChI=1S/C11H15ClN4/c1-4-8(5-2)16-11-9(6-13-16)10(12)14-7(3)15-11/h6,8H,4-5H2,1-3H3. The molecule has 0 fully saturated rings.